The highest BCUT2D eigenvalue weighted by Gasteiger charge is 2.34. The van der Waals surface area contributed by atoms with Crippen LogP contribution in [0.1, 0.15) is 74.4 Å². The number of hydrogen-bond acceptors (Lipinski definition) is 6. The molecule has 0 amide bonds. The van der Waals surface area contributed by atoms with Gasteiger partial charge in [-0.25, -0.2) is 4.52 Å². The fourth-order valence-corrected chi connectivity index (χ4v) is 5.85. The molecule has 1 aliphatic rings. The van der Waals surface area contributed by atoms with Crippen LogP contribution in [0, 0.1) is 11.3 Å². The molecule has 0 aliphatic heterocycles. The van der Waals surface area contributed by atoms with Gasteiger partial charge in [0.2, 0.25) is 5.78 Å². The molecule has 1 aliphatic carbocycles. The lowest BCUT2D eigenvalue weighted by Crippen LogP contribution is -2.39. The van der Waals surface area contributed by atoms with Crippen LogP contribution in [0.25, 0.3) is 16.9 Å². The summed E-state index contributed by atoms with van der Waals surface area (Å²) in [5, 5.41) is 23.7. The van der Waals surface area contributed by atoms with E-state index in [1.807, 2.05) is 57.6 Å². The third-order valence-electron chi connectivity index (χ3n) is 7.90. The standard InChI is InChI=1S/C31H35N5O3/c1-3-7-28-27(19-22-10-11-26(24(18-22)20-32)23-8-5-4-6-9-23)29(38)35(30-33-21-34-36(28)30)25-12-14-31(2,15-13-25)39-17-16-37/h4-6,8-11,18,21,25,37H,3,7,12-17,19H2,1-2H3. The summed E-state index contributed by atoms with van der Waals surface area (Å²) in [5.74, 6) is 0.578. The van der Waals surface area contributed by atoms with Crippen LogP contribution in [0.15, 0.2) is 59.7 Å². The number of fused-ring (bicyclic) bond motifs is 1. The predicted molar refractivity (Wildman–Crippen MR) is 150 cm³/mol. The Bertz CT molecular complexity index is 1540. The lowest BCUT2D eigenvalue weighted by Gasteiger charge is -2.38. The molecule has 0 saturated heterocycles. The summed E-state index contributed by atoms with van der Waals surface area (Å²) in [5.41, 5.74) is 4.63. The van der Waals surface area contributed by atoms with E-state index in [1.165, 1.54) is 6.33 Å². The molecule has 202 valence electrons. The van der Waals surface area contributed by atoms with Crippen molar-refractivity contribution < 1.29 is 9.84 Å². The molecule has 2 aromatic heterocycles. The molecule has 5 rings (SSSR count). The smallest absolute Gasteiger partial charge is 0.259 e. The van der Waals surface area contributed by atoms with Crippen molar-refractivity contribution in [2.24, 2.45) is 0 Å². The second-order valence-electron chi connectivity index (χ2n) is 10.6. The molecule has 0 unspecified atom stereocenters. The molecule has 1 saturated carbocycles. The van der Waals surface area contributed by atoms with E-state index in [4.69, 9.17) is 4.74 Å². The van der Waals surface area contributed by atoms with Crippen molar-refractivity contribution in [3.05, 3.63) is 87.6 Å². The molecule has 0 radical (unpaired) electrons. The van der Waals surface area contributed by atoms with E-state index in [0.717, 1.165) is 54.5 Å². The Morgan fingerprint density at radius 2 is 1.95 bits per heavy atom. The minimum absolute atomic E-state index is 0.000930. The number of nitriles is 1. The summed E-state index contributed by atoms with van der Waals surface area (Å²) in [6.07, 6.45) is 6.65. The van der Waals surface area contributed by atoms with Crippen molar-refractivity contribution in [3.8, 4) is 17.2 Å². The van der Waals surface area contributed by atoms with Crippen LogP contribution >= 0.6 is 0 Å². The Kier molecular flexibility index (Phi) is 7.92. The van der Waals surface area contributed by atoms with E-state index < -0.39 is 0 Å². The molecule has 0 spiro atoms. The van der Waals surface area contributed by atoms with Gasteiger partial charge >= 0.3 is 0 Å². The fourth-order valence-electron chi connectivity index (χ4n) is 5.85. The minimum atomic E-state index is -0.300. The zero-order valence-corrected chi connectivity index (χ0v) is 22.6. The Morgan fingerprint density at radius 1 is 1.18 bits per heavy atom. The van der Waals surface area contributed by atoms with Gasteiger partial charge in [-0.1, -0.05) is 55.8 Å². The number of rotatable bonds is 9. The number of ether oxygens (including phenoxy) is 1. The molecule has 2 aromatic carbocycles. The number of benzene rings is 2. The molecule has 1 fully saturated rings. The van der Waals surface area contributed by atoms with Crippen LogP contribution in [0.4, 0.5) is 0 Å². The van der Waals surface area contributed by atoms with Crippen molar-refractivity contribution in [2.45, 2.75) is 70.4 Å². The van der Waals surface area contributed by atoms with Crippen LogP contribution in [-0.4, -0.2) is 43.1 Å². The first kappa shape index (κ1) is 26.8. The molecular weight excluding hydrogens is 490 g/mol. The number of aliphatic hydroxyl groups is 1. The van der Waals surface area contributed by atoms with Gasteiger partial charge in [0.25, 0.3) is 5.56 Å². The highest BCUT2D eigenvalue weighted by atomic mass is 16.5. The summed E-state index contributed by atoms with van der Waals surface area (Å²) in [6.45, 7) is 4.49. The van der Waals surface area contributed by atoms with Gasteiger partial charge in [-0.2, -0.15) is 15.3 Å². The Labute approximate surface area is 228 Å². The SMILES string of the molecule is CCCc1c(Cc2ccc(-c3ccccc3)c(C#N)c2)c(=O)n(C2CCC(C)(OCCO)CC2)c2ncnn12. The van der Waals surface area contributed by atoms with Gasteiger partial charge in [0, 0.05) is 18.0 Å². The molecule has 4 aromatic rings. The number of aromatic nitrogens is 4. The Morgan fingerprint density at radius 3 is 2.64 bits per heavy atom. The average molecular weight is 526 g/mol. The number of nitrogens with zero attached hydrogens (tertiary/aromatic N) is 5. The van der Waals surface area contributed by atoms with Crippen molar-refractivity contribution in [1.29, 1.82) is 5.26 Å². The molecule has 0 atom stereocenters. The molecular formula is C31H35N5O3. The van der Waals surface area contributed by atoms with Gasteiger partial charge in [0.05, 0.1) is 36.1 Å². The quantitative estimate of drug-likeness (QED) is 0.335. The van der Waals surface area contributed by atoms with Gasteiger partial charge in [-0.05, 0) is 61.8 Å². The maximum absolute atomic E-state index is 14.2. The van der Waals surface area contributed by atoms with E-state index in [-0.39, 0.29) is 23.8 Å². The largest absolute Gasteiger partial charge is 0.394 e. The number of aliphatic hydroxyl groups excluding tert-OH is 1. The lowest BCUT2D eigenvalue weighted by atomic mass is 9.83. The van der Waals surface area contributed by atoms with Gasteiger partial charge in [0.1, 0.15) is 6.33 Å². The van der Waals surface area contributed by atoms with Crippen molar-refractivity contribution in [2.75, 3.05) is 13.2 Å². The summed E-state index contributed by atoms with van der Waals surface area (Å²) in [7, 11) is 0. The first-order chi connectivity index (χ1) is 19.0. The molecule has 39 heavy (non-hydrogen) atoms. The highest BCUT2D eigenvalue weighted by molar-refractivity contribution is 5.71. The topological polar surface area (TPSA) is 105 Å². The second-order valence-corrected chi connectivity index (χ2v) is 10.6. The van der Waals surface area contributed by atoms with Crippen molar-refractivity contribution >= 4 is 5.78 Å². The van der Waals surface area contributed by atoms with E-state index in [2.05, 4.69) is 30.0 Å². The number of aryl methyl sites for hydroxylation is 1. The maximum atomic E-state index is 14.2. The van der Waals surface area contributed by atoms with Gasteiger partial charge in [0.15, 0.2) is 0 Å². The van der Waals surface area contributed by atoms with Crippen LogP contribution in [0.3, 0.4) is 0 Å². The molecule has 1 N–H and O–H groups in total. The highest BCUT2D eigenvalue weighted by Crippen LogP contribution is 2.37. The van der Waals surface area contributed by atoms with Gasteiger partial charge < -0.3 is 9.84 Å². The van der Waals surface area contributed by atoms with Crippen LogP contribution in [-0.2, 0) is 17.6 Å². The normalized spacial score (nSPS) is 19.3. The first-order valence-electron chi connectivity index (χ1n) is 13.8. The molecule has 8 nitrogen and oxygen atoms in total. The summed E-state index contributed by atoms with van der Waals surface area (Å²) in [4.78, 5) is 18.7. The van der Waals surface area contributed by atoms with Crippen molar-refractivity contribution in [3.63, 3.8) is 0 Å². The first-order valence-corrected chi connectivity index (χ1v) is 13.8. The minimum Gasteiger partial charge on any atom is -0.394 e. The summed E-state index contributed by atoms with van der Waals surface area (Å²) < 4.78 is 9.59. The van der Waals surface area contributed by atoms with Crippen molar-refractivity contribution in [1.82, 2.24) is 19.2 Å². The lowest BCUT2D eigenvalue weighted by molar-refractivity contribution is -0.0736. The maximum Gasteiger partial charge on any atom is 0.259 e. The Balaban J connectivity index is 1.54. The Hall–Kier alpha value is -3.80. The van der Waals surface area contributed by atoms with E-state index in [0.29, 0.717) is 36.4 Å². The van der Waals surface area contributed by atoms with E-state index >= 15 is 0 Å². The van der Waals surface area contributed by atoms with E-state index in [1.54, 1.807) is 0 Å². The predicted octanol–water partition coefficient (Wildman–Crippen LogP) is 4.86. The van der Waals surface area contributed by atoms with E-state index in [9.17, 15) is 15.2 Å². The van der Waals surface area contributed by atoms with Crippen LogP contribution in [0.2, 0.25) is 0 Å². The third kappa shape index (κ3) is 5.38. The average Bonchev–Trinajstić information content (AvgIpc) is 3.44. The monoisotopic (exact) mass is 525 g/mol. The molecule has 8 heteroatoms. The summed E-state index contributed by atoms with van der Waals surface area (Å²) in [6, 6.07) is 18.1. The van der Waals surface area contributed by atoms with Gasteiger partial charge in [-0.15, -0.1) is 0 Å². The second kappa shape index (κ2) is 11.5. The zero-order valence-electron chi connectivity index (χ0n) is 22.6. The molecule has 2 heterocycles. The fraction of sp³-hybridized carbons (Fsp3) is 0.419. The van der Waals surface area contributed by atoms with Crippen LogP contribution in [0.5, 0.6) is 0 Å². The van der Waals surface area contributed by atoms with Crippen LogP contribution < -0.4 is 5.56 Å². The third-order valence-corrected chi connectivity index (χ3v) is 7.90. The number of hydrogen-bond donors (Lipinski definition) is 1. The molecule has 0 bridgehead atoms. The summed E-state index contributed by atoms with van der Waals surface area (Å²) >= 11 is 0. The van der Waals surface area contributed by atoms with Gasteiger partial charge in [-0.3, -0.25) is 9.36 Å². The zero-order chi connectivity index (χ0) is 27.4.